The van der Waals surface area contributed by atoms with Crippen molar-refractivity contribution in [3.05, 3.63) is 58.5 Å². The van der Waals surface area contributed by atoms with Crippen LogP contribution in [0.3, 0.4) is 0 Å². The Morgan fingerprint density at radius 1 is 1.12 bits per heavy atom. The molecule has 2 N–H and O–H groups in total. The molecule has 0 aliphatic heterocycles. The molecule has 0 spiro atoms. The van der Waals surface area contributed by atoms with Gasteiger partial charge in [0.15, 0.2) is 5.13 Å². The summed E-state index contributed by atoms with van der Waals surface area (Å²) in [4.78, 5) is 5.75. The summed E-state index contributed by atoms with van der Waals surface area (Å²) in [5, 5.41) is 4.19. The number of anilines is 2. The summed E-state index contributed by atoms with van der Waals surface area (Å²) in [5.41, 5.74) is 2.46. The summed E-state index contributed by atoms with van der Waals surface area (Å²) in [6.45, 7) is 4.60. The van der Waals surface area contributed by atoms with Crippen LogP contribution in [0.1, 0.15) is 43.4 Å². The Morgan fingerprint density at radius 3 is 2.61 bits per heavy atom. The standard InChI is InChI=1S/C24H27ClFN3O2S2/c1-15-8-9-18(12-22(15)33(30,31)29-19-10-11-21(26)20(25)13-19)23-16(2)28-24(32-23)27-14-17-6-4-3-5-7-17/h8-13,17,29H,3-7,14H2,1-2H3,(H,27,28). The van der Waals surface area contributed by atoms with Gasteiger partial charge in [-0.15, -0.1) is 0 Å². The second-order valence-electron chi connectivity index (χ2n) is 8.53. The van der Waals surface area contributed by atoms with Gasteiger partial charge in [-0.3, -0.25) is 4.72 Å². The SMILES string of the molecule is Cc1ccc(-c2sc(NCC3CCCCC3)nc2C)cc1S(=O)(=O)Nc1ccc(F)c(Cl)c1. The number of sulfonamides is 1. The van der Waals surface area contributed by atoms with E-state index in [4.69, 9.17) is 11.6 Å². The molecule has 1 aliphatic rings. The minimum Gasteiger partial charge on any atom is -0.361 e. The molecule has 33 heavy (non-hydrogen) atoms. The molecule has 0 unspecified atom stereocenters. The Labute approximate surface area is 203 Å². The molecule has 0 amide bonds. The lowest BCUT2D eigenvalue weighted by molar-refractivity contribution is 0.373. The highest BCUT2D eigenvalue weighted by molar-refractivity contribution is 7.92. The summed E-state index contributed by atoms with van der Waals surface area (Å²) in [7, 11) is -3.90. The van der Waals surface area contributed by atoms with Gasteiger partial charge in [-0.25, -0.2) is 17.8 Å². The van der Waals surface area contributed by atoms with Gasteiger partial charge in [0.1, 0.15) is 5.82 Å². The Kier molecular flexibility index (Phi) is 7.26. The van der Waals surface area contributed by atoms with Crippen molar-refractivity contribution in [2.75, 3.05) is 16.6 Å². The van der Waals surface area contributed by atoms with E-state index < -0.39 is 15.8 Å². The fourth-order valence-corrected chi connectivity index (χ4v) is 6.63. The minimum absolute atomic E-state index is 0.144. The maximum atomic E-state index is 13.4. The minimum atomic E-state index is -3.90. The Hall–Kier alpha value is -2.16. The topological polar surface area (TPSA) is 71.1 Å². The van der Waals surface area contributed by atoms with Gasteiger partial charge in [0.2, 0.25) is 0 Å². The first kappa shape index (κ1) is 24.0. The van der Waals surface area contributed by atoms with Gasteiger partial charge in [0.25, 0.3) is 10.0 Å². The third-order valence-electron chi connectivity index (χ3n) is 5.97. The number of thiazole rings is 1. The number of halogens is 2. The van der Waals surface area contributed by atoms with Gasteiger partial charge in [-0.1, -0.05) is 54.3 Å². The molecule has 1 heterocycles. The lowest BCUT2D eigenvalue weighted by Gasteiger charge is -2.21. The van der Waals surface area contributed by atoms with Gasteiger partial charge in [-0.05, 0) is 68.0 Å². The molecule has 9 heteroatoms. The smallest absolute Gasteiger partial charge is 0.262 e. The number of hydrogen-bond acceptors (Lipinski definition) is 5. The lowest BCUT2D eigenvalue weighted by Crippen LogP contribution is -2.16. The molecule has 1 aromatic heterocycles. The summed E-state index contributed by atoms with van der Waals surface area (Å²) in [5.74, 6) is 0.0833. The van der Waals surface area contributed by atoms with E-state index in [2.05, 4.69) is 15.0 Å². The van der Waals surface area contributed by atoms with Gasteiger partial charge in [-0.2, -0.15) is 0 Å². The molecular formula is C24H27ClFN3O2S2. The molecule has 0 atom stereocenters. The average molecular weight is 508 g/mol. The van der Waals surface area contributed by atoms with Crippen LogP contribution in [0.4, 0.5) is 15.2 Å². The summed E-state index contributed by atoms with van der Waals surface area (Å²) in [6, 6.07) is 9.09. The zero-order valence-electron chi connectivity index (χ0n) is 18.6. The Bertz CT molecular complexity index is 1250. The van der Waals surface area contributed by atoms with E-state index in [0.29, 0.717) is 11.5 Å². The van der Waals surface area contributed by atoms with Crippen LogP contribution in [0.25, 0.3) is 10.4 Å². The van der Waals surface area contributed by atoms with E-state index in [9.17, 15) is 12.8 Å². The molecule has 2 aromatic carbocycles. The van der Waals surface area contributed by atoms with Crippen molar-refractivity contribution in [3.63, 3.8) is 0 Å². The lowest BCUT2D eigenvalue weighted by atomic mass is 9.89. The number of aromatic nitrogens is 1. The normalized spacial score (nSPS) is 14.9. The molecule has 0 radical (unpaired) electrons. The Morgan fingerprint density at radius 2 is 1.88 bits per heavy atom. The van der Waals surface area contributed by atoms with Crippen LogP contribution >= 0.6 is 22.9 Å². The van der Waals surface area contributed by atoms with Crippen molar-refractivity contribution >= 4 is 43.8 Å². The predicted octanol–water partition coefficient (Wildman–Crippen LogP) is 7.01. The monoisotopic (exact) mass is 507 g/mol. The van der Waals surface area contributed by atoms with Crippen LogP contribution < -0.4 is 10.0 Å². The molecule has 1 saturated carbocycles. The highest BCUT2D eigenvalue weighted by Gasteiger charge is 2.21. The van der Waals surface area contributed by atoms with Gasteiger partial charge in [0.05, 0.1) is 26.2 Å². The van der Waals surface area contributed by atoms with Crippen LogP contribution in [0.2, 0.25) is 5.02 Å². The van der Waals surface area contributed by atoms with E-state index in [1.807, 2.05) is 13.0 Å². The van der Waals surface area contributed by atoms with E-state index in [-0.39, 0.29) is 15.6 Å². The van der Waals surface area contributed by atoms with Crippen molar-refractivity contribution < 1.29 is 12.8 Å². The highest BCUT2D eigenvalue weighted by Crippen LogP contribution is 2.35. The van der Waals surface area contributed by atoms with Gasteiger partial charge in [0, 0.05) is 6.54 Å². The van der Waals surface area contributed by atoms with E-state index in [1.165, 1.54) is 55.6 Å². The molecule has 3 aromatic rings. The quantitative estimate of drug-likeness (QED) is 0.360. The fourth-order valence-electron chi connectivity index (χ4n) is 4.16. The predicted molar refractivity (Wildman–Crippen MR) is 134 cm³/mol. The average Bonchev–Trinajstić information content (AvgIpc) is 3.16. The van der Waals surface area contributed by atoms with E-state index in [1.54, 1.807) is 19.1 Å². The maximum absolute atomic E-state index is 13.4. The van der Waals surface area contributed by atoms with E-state index in [0.717, 1.165) is 33.9 Å². The third kappa shape index (κ3) is 5.67. The molecule has 4 rings (SSSR count). The van der Waals surface area contributed by atoms with Crippen LogP contribution in [0.15, 0.2) is 41.3 Å². The molecule has 1 fully saturated rings. The number of aryl methyl sites for hydroxylation is 2. The number of nitrogens with zero attached hydrogens (tertiary/aromatic N) is 1. The fraction of sp³-hybridized carbons (Fsp3) is 0.375. The first-order valence-electron chi connectivity index (χ1n) is 11.0. The molecule has 1 aliphatic carbocycles. The zero-order chi connectivity index (χ0) is 23.6. The van der Waals surface area contributed by atoms with Gasteiger partial charge < -0.3 is 5.32 Å². The second-order valence-corrected chi connectivity index (χ2v) is 11.6. The van der Waals surface area contributed by atoms with E-state index >= 15 is 0 Å². The summed E-state index contributed by atoms with van der Waals surface area (Å²) in [6.07, 6.45) is 6.45. The molecule has 0 bridgehead atoms. The molecule has 5 nitrogen and oxygen atoms in total. The number of nitrogens with one attached hydrogen (secondary N) is 2. The van der Waals surface area contributed by atoms with Crippen molar-refractivity contribution in [2.24, 2.45) is 5.92 Å². The summed E-state index contributed by atoms with van der Waals surface area (Å²) >= 11 is 7.34. The first-order chi connectivity index (χ1) is 15.7. The summed E-state index contributed by atoms with van der Waals surface area (Å²) < 4.78 is 42.1. The maximum Gasteiger partial charge on any atom is 0.262 e. The number of hydrogen-bond donors (Lipinski definition) is 2. The molecule has 0 saturated heterocycles. The largest absolute Gasteiger partial charge is 0.361 e. The third-order valence-corrected chi connectivity index (χ3v) is 8.95. The number of benzene rings is 2. The van der Waals surface area contributed by atoms with Crippen molar-refractivity contribution in [1.82, 2.24) is 4.98 Å². The van der Waals surface area contributed by atoms with Crippen molar-refractivity contribution in [1.29, 1.82) is 0 Å². The van der Waals surface area contributed by atoms with Gasteiger partial charge >= 0.3 is 0 Å². The zero-order valence-corrected chi connectivity index (χ0v) is 21.0. The first-order valence-corrected chi connectivity index (χ1v) is 13.7. The number of rotatable bonds is 7. The van der Waals surface area contributed by atoms with Crippen LogP contribution in [-0.4, -0.2) is 19.9 Å². The Balaban J connectivity index is 1.56. The molecular weight excluding hydrogens is 481 g/mol. The van der Waals surface area contributed by atoms with Crippen LogP contribution in [-0.2, 0) is 10.0 Å². The van der Waals surface area contributed by atoms with Crippen molar-refractivity contribution in [3.8, 4) is 10.4 Å². The highest BCUT2D eigenvalue weighted by atomic mass is 35.5. The van der Waals surface area contributed by atoms with Crippen LogP contribution in [0, 0.1) is 25.6 Å². The van der Waals surface area contributed by atoms with Crippen molar-refractivity contribution in [2.45, 2.75) is 50.8 Å². The second kappa shape index (κ2) is 9.99. The molecule has 176 valence electrons. The van der Waals surface area contributed by atoms with Crippen LogP contribution in [0.5, 0.6) is 0 Å².